The largest absolute Gasteiger partial charge is 0.346 e. The van der Waals surface area contributed by atoms with E-state index in [2.05, 4.69) is 38.1 Å². The molecule has 2 fully saturated rings. The first-order valence-electron chi connectivity index (χ1n) is 9.47. The molecule has 1 saturated carbocycles. The minimum Gasteiger partial charge on any atom is -0.346 e. The molecule has 2 amide bonds. The molecule has 2 unspecified atom stereocenters. The van der Waals surface area contributed by atoms with Gasteiger partial charge in [-0.15, -0.1) is 0 Å². The lowest BCUT2D eigenvalue weighted by atomic mass is 9.96. The molecular formula is C20H23BrN4O2. The summed E-state index contributed by atoms with van der Waals surface area (Å²) in [5.74, 6) is 0.713. The highest BCUT2D eigenvalue weighted by Crippen LogP contribution is 2.40. The number of halogens is 1. The Morgan fingerprint density at radius 3 is 2.78 bits per heavy atom. The minimum atomic E-state index is -0.202. The van der Waals surface area contributed by atoms with Gasteiger partial charge in [0.15, 0.2) is 0 Å². The normalized spacial score (nSPS) is 27.4. The minimum absolute atomic E-state index is 0.000562. The number of carbonyl (C=O) groups excluding carboxylic acids is 2. The molecule has 1 saturated heterocycles. The molecule has 142 valence electrons. The number of nitrogens with zero attached hydrogens (tertiary/aromatic N) is 3. The third-order valence-corrected chi connectivity index (χ3v) is 6.38. The lowest BCUT2D eigenvalue weighted by Crippen LogP contribution is -2.56. The van der Waals surface area contributed by atoms with Crippen molar-refractivity contribution in [2.75, 3.05) is 6.54 Å². The number of pyridine rings is 2. The number of likely N-dealkylation sites (tertiary alicyclic amines) is 1. The molecular weight excluding hydrogens is 408 g/mol. The van der Waals surface area contributed by atoms with Crippen LogP contribution in [0.2, 0.25) is 0 Å². The number of fused-ring (bicyclic) bond motifs is 1. The first-order valence-corrected chi connectivity index (χ1v) is 10.3. The van der Waals surface area contributed by atoms with Crippen LogP contribution in [0.5, 0.6) is 0 Å². The number of aromatic nitrogens is 2. The molecule has 1 aliphatic heterocycles. The lowest BCUT2D eigenvalue weighted by molar-refractivity contribution is -0.136. The van der Waals surface area contributed by atoms with Crippen LogP contribution in [-0.2, 0) is 4.79 Å². The summed E-state index contributed by atoms with van der Waals surface area (Å²) in [5, 5.41) is 3.98. The Morgan fingerprint density at radius 1 is 1.26 bits per heavy atom. The molecule has 4 atom stereocenters. The van der Waals surface area contributed by atoms with Gasteiger partial charge in [-0.2, -0.15) is 0 Å². The molecule has 7 heteroatoms. The second-order valence-corrected chi connectivity index (χ2v) is 8.56. The molecule has 2 aliphatic rings. The molecule has 0 spiro atoms. The second kappa shape index (κ2) is 7.19. The van der Waals surface area contributed by atoms with Crippen molar-refractivity contribution in [2.45, 2.75) is 45.2 Å². The third-order valence-electron chi connectivity index (χ3n) is 5.80. The van der Waals surface area contributed by atoms with E-state index in [0.29, 0.717) is 17.1 Å². The maximum Gasteiger partial charge on any atom is 0.270 e. The predicted molar refractivity (Wildman–Crippen MR) is 106 cm³/mol. The number of nitrogens with one attached hydrogen (secondary N) is 1. The summed E-state index contributed by atoms with van der Waals surface area (Å²) in [7, 11) is 0. The number of carbonyl (C=O) groups is 2. The molecule has 0 bridgehead atoms. The molecule has 2 aromatic heterocycles. The lowest BCUT2D eigenvalue weighted by Gasteiger charge is -2.40. The van der Waals surface area contributed by atoms with E-state index in [1.165, 1.54) is 0 Å². The fourth-order valence-corrected chi connectivity index (χ4v) is 4.34. The van der Waals surface area contributed by atoms with Gasteiger partial charge in [0.2, 0.25) is 5.91 Å². The molecule has 4 rings (SSSR count). The van der Waals surface area contributed by atoms with Crippen molar-refractivity contribution in [3.8, 4) is 0 Å². The van der Waals surface area contributed by atoms with Crippen LogP contribution in [-0.4, -0.2) is 45.3 Å². The topological polar surface area (TPSA) is 75.2 Å². The molecule has 0 radical (unpaired) electrons. The summed E-state index contributed by atoms with van der Waals surface area (Å²) in [6.07, 6.45) is 6.16. The van der Waals surface area contributed by atoms with Gasteiger partial charge >= 0.3 is 0 Å². The summed E-state index contributed by atoms with van der Waals surface area (Å²) in [5.41, 5.74) is 1.09. The first-order chi connectivity index (χ1) is 13.0. The zero-order chi connectivity index (χ0) is 19.1. The third kappa shape index (κ3) is 3.57. The van der Waals surface area contributed by atoms with E-state index in [9.17, 15) is 9.59 Å². The summed E-state index contributed by atoms with van der Waals surface area (Å²) in [4.78, 5) is 36.0. The van der Waals surface area contributed by atoms with Crippen LogP contribution in [0.25, 0.3) is 10.9 Å². The van der Waals surface area contributed by atoms with E-state index in [4.69, 9.17) is 0 Å². The second-order valence-electron chi connectivity index (χ2n) is 7.70. The van der Waals surface area contributed by atoms with Crippen molar-refractivity contribution in [3.63, 3.8) is 0 Å². The van der Waals surface area contributed by atoms with Crippen LogP contribution in [0.3, 0.4) is 0 Å². The van der Waals surface area contributed by atoms with Crippen molar-refractivity contribution in [2.24, 2.45) is 11.8 Å². The van der Waals surface area contributed by atoms with Gasteiger partial charge in [-0.3, -0.25) is 14.6 Å². The summed E-state index contributed by atoms with van der Waals surface area (Å²) in [6, 6.07) is 3.51. The fourth-order valence-electron chi connectivity index (χ4n) is 3.90. The van der Waals surface area contributed by atoms with Crippen molar-refractivity contribution in [3.05, 3.63) is 34.7 Å². The SMILES string of the molecule is CC1CC1C(=O)N1CCC[C@@H](NC(=O)c2ccc3cncc(Br)c3n2)[C@H]1C. The Balaban J connectivity index is 1.48. The highest BCUT2D eigenvalue weighted by Gasteiger charge is 2.44. The monoisotopic (exact) mass is 430 g/mol. The number of hydrogen-bond acceptors (Lipinski definition) is 4. The van der Waals surface area contributed by atoms with Crippen LogP contribution < -0.4 is 5.32 Å². The van der Waals surface area contributed by atoms with E-state index in [-0.39, 0.29) is 29.8 Å². The molecule has 6 nitrogen and oxygen atoms in total. The zero-order valence-corrected chi connectivity index (χ0v) is 17.1. The van der Waals surface area contributed by atoms with Crippen LogP contribution in [0.4, 0.5) is 0 Å². The Morgan fingerprint density at radius 2 is 2.04 bits per heavy atom. The van der Waals surface area contributed by atoms with Crippen molar-refractivity contribution in [1.82, 2.24) is 20.2 Å². The van der Waals surface area contributed by atoms with E-state index >= 15 is 0 Å². The van der Waals surface area contributed by atoms with Gasteiger partial charge in [-0.25, -0.2) is 4.98 Å². The van der Waals surface area contributed by atoms with Gasteiger partial charge < -0.3 is 10.2 Å². The van der Waals surface area contributed by atoms with Crippen LogP contribution in [0, 0.1) is 11.8 Å². The van der Waals surface area contributed by atoms with Crippen LogP contribution in [0.1, 0.15) is 43.6 Å². The number of hydrogen-bond donors (Lipinski definition) is 1. The first kappa shape index (κ1) is 18.3. The van der Waals surface area contributed by atoms with Crippen LogP contribution >= 0.6 is 15.9 Å². The van der Waals surface area contributed by atoms with Gasteiger partial charge in [0, 0.05) is 42.3 Å². The Hall–Kier alpha value is -2.02. The average Bonchev–Trinajstić information content (AvgIpc) is 3.39. The molecule has 3 heterocycles. The van der Waals surface area contributed by atoms with E-state index in [1.807, 2.05) is 17.9 Å². The van der Waals surface area contributed by atoms with E-state index in [0.717, 1.165) is 35.7 Å². The molecule has 0 aromatic carbocycles. The number of piperidine rings is 1. The smallest absolute Gasteiger partial charge is 0.270 e. The summed E-state index contributed by atoms with van der Waals surface area (Å²) in [6.45, 7) is 4.93. The van der Waals surface area contributed by atoms with Crippen LogP contribution in [0.15, 0.2) is 29.0 Å². The van der Waals surface area contributed by atoms with Gasteiger partial charge in [-0.1, -0.05) is 6.92 Å². The maximum atomic E-state index is 12.8. The fraction of sp³-hybridized carbons (Fsp3) is 0.500. The highest BCUT2D eigenvalue weighted by molar-refractivity contribution is 9.10. The standard InChI is InChI=1S/C20H23BrN4O2/c1-11-8-14(11)20(27)25-7-3-4-16(12(25)2)24-19(26)17-6-5-13-9-22-10-15(21)18(13)23-17/h5-6,9-12,14,16H,3-4,7-8H2,1-2H3,(H,24,26)/t11?,12-,14?,16-/m1/s1. The number of amides is 2. The van der Waals surface area contributed by atoms with Crippen molar-refractivity contribution in [1.29, 1.82) is 0 Å². The van der Waals surface area contributed by atoms with Gasteiger partial charge in [0.25, 0.3) is 5.91 Å². The molecule has 2 aromatic rings. The Bertz CT molecular complexity index is 903. The van der Waals surface area contributed by atoms with E-state index < -0.39 is 0 Å². The summed E-state index contributed by atoms with van der Waals surface area (Å²) < 4.78 is 0.760. The quantitative estimate of drug-likeness (QED) is 0.810. The van der Waals surface area contributed by atoms with Crippen molar-refractivity contribution < 1.29 is 9.59 Å². The average molecular weight is 431 g/mol. The van der Waals surface area contributed by atoms with Gasteiger partial charge in [0.05, 0.1) is 9.99 Å². The van der Waals surface area contributed by atoms with Gasteiger partial charge in [-0.05, 0) is 60.2 Å². The predicted octanol–water partition coefficient (Wildman–Crippen LogP) is 3.16. The molecule has 1 aliphatic carbocycles. The Kier molecular flexibility index (Phi) is 4.88. The zero-order valence-electron chi connectivity index (χ0n) is 15.5. The maximum absolute atomic E-state index is 12.8. The van der Waals surface area contributed by atoms with E-state index in [1.54, 1.807) is 18.5 Å². The molecule has 1 N–H and O–H groups in total. The van der Waals surface area contributed by atoms with Crippen molar-refractivity contribution >= 4 is 38.6 Å². The van der Waals surface area contributed by atoms with Gasteiger partial charge in [0.1, 0.15) is 5.69 Å². The summed E-state index contributed by atoms with van der Waals surface area (Å²) >= 11 is 3.44. The molecule has 27 heavy (non-hydrogen) atoms. The Labute approximate surface area is 166 Å². The number of rotatable bonds is 3. The highest BCUT2D eigenvalue weighted by atomic mass is 79.9.